The highest BCUT2D eigenvalue weighted by atomic mass is 16.3. The summed E-state index contributed by atoms with van der Waals surface area (Å²) in [5.41, 5.74) is 6.89. The molecule has 9 rings (SSSR count). The van der Waals surface area contributed by atoms with Gasteiger partial charge in [-0.1, -0.05) is 127 Å². The maximum atomic E-state index is 6.31. The van der Waals surface area contributed by atoms with Crippen molar-refractivity contribution < 1.29 is 4.42 Å². The van der Waals surface area contributed by atoms with Crippen LogP contribution in [-0.2, 0) is 0 Å². The maximum absolute atomic E-state index is 6.31. The van der Waals surface area contributed by atoms with Crippen molar-refractivity contribution in [3.8, 4) is 45.3 Å². The first-order valence-electron chi connectivity index (χ1n) is 15.0. The summed E-state index contributed by atoms with van der Waals surface area (Å²) in [7, 11) is 0. The lowest BCUT2D eigenvalue weighted by Gasteiger charge is -2.13. The van der Waals surface area contributed by atoms with Crippen molar-refractivity contribution in [1.29, 1.82) is 0 Å². The lowest BCUT2D eigenvalue weighted by Crippen LogP contribution is -2.01. The van der Waals surface area contributed by atoms with Crippen LogP contribution in [0.3, 0.4) is 0 Å². The maximum Gasteiger partial charge on any atom is 0.164 e. The highest BCUT2D eigenvalue weighted by Crippen LogP contribution is 2.42. The van der Waals surface area contributed by atoms with Crippen LogP contribution in [0.25, 0.3) is 88.8 Å². The van der Waals surface area contributed by atoms with Crippen molar-refractivity contribution in [3.63, 3.8) is 0 Å². The Bertz CT molecular complexity index is 2520. The van der Waals surface area contributed by atoms with Crippen LogP contribution in [0.1, 0.15) is 0 Å². The highest BCUT2D eigenvalue weighted by Gasteiger charge is 2.19. The third kappa shape index (κ3) is 4.27. The van der Waals surface area contributed by atoms with Crippen molar-refractivity contribution in [3.05, 3.63) is 152 Å². The van der Waals surface area contributed by atoms with Gasteiger partial charge in [-0.25, -0.2) is 15.0 Å². The molecule has 0 saturated carbocycles. The van der Waals surface area contributed by atoms with Gasteiger partial charge >= 0.3 is 0 Å². The van der Waals surface area contributed by atoms with Gasteiger partial charge in [0.2, 0.25) is 0 Å². The first kappa shape index (κ1) is 25.4. The average molecular weight is 576 g/mol. The molecule has 45 heavy (non-hydrogen) atoms. The second-order valence-corrected chi connectivity index (χ2v) is 11.2. The van der Waals surface area contributed by atoms with Gasteiger partial charge < -0.3 is 4.42 Å². The van der Waals surface area contributed by atoms with Crippen LogP contribution in [0.2, 0.25) is 0 Å². The van der Waals surface area contributed by atoms with Crippen molar-refractivity contribution in [2.75, 3.05) is 0 Å². The lowest BCUT2D eigenvalue weighted by molar-refractivity contribution is 0.669. The summed E-state index contributed by atoms with van der Waals surface area (Å²) in [6.07, 6.45) is 0. The van der Waals surface area contributed by atoms with E-state index in [9.17, 15) is 0 Å². The Kier molecular flexibility index (Phi) is 5.78. The average Bonchev–Trinajstić information content (AvgIpc) is 3.51. The second-order valence-electron chi connectivity index (χ2n) is 11.2. The van der Waals surface area contributed by atoms with Crippen molar-refractivity contribution >= 4 is 43.5 Å². The quantitative estimate of drug-likeness (QED) is 0.196. The molecule has 0 fully saturated rings. The Morgan fingerprint density at radius 3 is 1.67 bits per heavy atom. The van der Waals surface area contributed by atoms with Gasteiger partial charge in [-0.2, -0.15) is 0 Å². The fourth-order valence-electron chi connectivity index (χ4n) is 6.37. The molecular weight excluding hydrogens is 550 g/mol. The highest BCUT2D eigenvalue weighted by molar-refractivity contribution is 6.29. The number of hydrogen-bond acceptors (Lipinski definition) is 4. The van der Waals surface area contributed by atoms with E-state index in [2.05, 4.69) is 103 Å². The van der Waals surface area contributed by atoms with Gasteiger partial charge in [-0.3, -0.25) is 0 Å². The third-order valence-electron chi connectivity index (χ3n) is 8.52. The fraction of sp³-hybridized carbons (Fsp3) is 0. The number of aromatic nitrogens is 3. The zero-order valence-electron chi connectivity index (χ0n) is 24.2. The van der Waals surface area contributed by atoms with E-state index in [0.717, 1.165) is 60.4 Å². The molecule has 0 bridgehead atoms. The van der Waals surface area contributed by atoms with Gasteiger partial charge in [0.25, 0.3) is 0 Å². The molecule has 4 heteroatoms. The van der Waals surface area contributed by atoms with Crippen LogP contribution in [0, 0.1) is 0 Å². The molecule has 0 spiro atoms. The zero-order chi connectivity index (χ0) is 29.7. The number of hydrogen-bond donors (Lipinski definition) is 0. The van der Waals surface area contributed by atoms with Crippen LogP contribution < -0.4 is 0 Å². The van der Waals surface area contributed by atoms with Gasteiger partial charge in [-0.15, -0.1) is 0 Å². The number of furan rings is 1. The third-order valence-corrected chi connectivity index (χ3v) is 8.52. The molecule has 4 nitrogen and oxygen atoms in total. The first-order chi connectivity index (χ1) is 22.3. The predicted molar refractivity (Wildman–Crippen MR) is 184 cm³/mol. The fourth-order valence-corrected chi connectivity index (χ4v) is 6.37. The second kappa shape index (κ2) is 10.2. The normalized spacial score (nSPS) is 11.6. The van der Waals surface area contributed by atoms with E-state index >= 15 is 0 Å². The van der Waals surface area contributed by atoms with E-state index < -0.39 is 0 Å². The van der Waals surface area contributed by atoms with E-state index in [0.29, 0.717) is 17.5 Å². The number of nitrogens with zero attached hydrogens (tertiary/aromatic N) is 3. The Morgan fingerprint density at radius 2 is 0.911 bits per heavy atom. The molecule has 0 saturated heterocycles. The number of fused-ring (bicyclic) bond motifs is 7. The van der Waals surface area contributed by atoms with Crippen LogP contribution in [0.4, 0.5) is 0 Å². The Hall–Kier alpha value is -6.13. The van der Waals surface area contributed by atoms with Crippen LogP contribution in [-0.4, -0.2) is 15.0 Å². The van der Waals surface area contributed by atoms with Crippen molar-refractivity contribution in [1.82, 2.24) is 15.0 Å². The van der Waals surface area contributed by atoms with E-state index in [1.807, 2.05) is 48.5 Å². The Morgan fingerprint density at radius 1 is 0.356 bits per heavy atom. The summed E-state index contributed by atoms with van der Waals surface area (Å²) in [6, 6.07) is 52.1. The molecule has 0 aliphatic carbocycles. The molecule has 7 aromatic carbocycles. The number of benzene rings is 7. The molecule has 0 N–H and O–H groups in total. The molecule has 2 aromatic heterocycles. The molecule has 210 valence electrons. The topological polar surface area (TPSA) is 51.8 Å². The minimum atomic E-state index is 0.633. The van der Waals surface area contributed by atoms with Gasteiger partial charge in [0.15, 0.2) is 17.5 Å². The van der Waals surface area contributed by atoms with Gasteiger partial charge in [0, 0.05) is 32.8 Å². The van der Waals surface area contributed by atoms with Gasteiger partial charge in [0.05, 0.1) is 0 Å². The first-order valence-corrected chi connectivity index (χ1v) is 15.0. The minimum Gasteiger partial charge on any atom is -0.456 e. The van der Waals surface area contributed by atoms with E-state index in [1.54, 1.807) is 0 Å². The van der Waals surface area contributed by atoms with E-state index in [4.69, 9.17) is 19.4 Å². The molecule has 0 radical (unpaired) electrons. The summed E-state index contributed by atoms with van der Waals surface area (Å²) in [5.74, 6) is 1.90. The lowest BCUT2D eigenvalue weighted by atomic mass is 9.93. The minimum absolute atomic E-state index is 0.633. The number of para-hydroxylation sites is 1. The number of rotatable bonds is 4. The summed E-state index contributed by atoms with van der Waals surface area (Å²) < 4.78 is 6.31. The molecule has 0 unspecified atom stereocenters. The van der Waals surface area contributed by atoms with Gasteiger partial charge in [0.1, 0.15) is 11.2 Å². The largest absolute Gasteiger partial charge is 0.456 e. The zero-order valence-corrected chi connectivity index (χ0v) is 24.2. The van der Waals surface area contributed by atoms with Crippen molar-refractivity contribution in [2.24, 2.45) is 0 Å². The monoisotopic (exact) mass is 575 g/mol. The van der Waals surface area contributed by atoms with E-state index in [1.165, 1.54) is 10.9 Å². The molecule has 0 aliphatic heterocycles. The standard InChI is InChI=1S/C41H25N3O/c1-3-11-26(12-4-1)27-19-21-29(22-20-27)40-42-39(28-13-5-2-6-14-28)43-41(44-40)34-25-30-15-7-8-16-31(30)37-32(34)23-24-36-38(37)33-17-9-10-18-35(33)45-36/h1-25H. The summed E-state index contributed by atoms with van der Waals surface area (Å²) in [5, 5.41) is 6.70. The molecule has 0 amide bonds. The molecule has 0 aliphatic rings. The van der Waals surface area contributed by atoms with Crippen LogP contribution >= 0.6 is 0 Å². The summed E-state index contributed by atoms with van der Waals surface area (Å²) in [4.78, 5) is 15.2. The summed E-state index contributed by atoms with van der Waals surface area (Å²) >= 11 is 0. The Labute approximate surface area is 259 Å². The molecule has 9 aromatic rings. The van der Waals surface area contributed by atoms with Crippen LogP contribution in [0.5, 0.6) is 0 Å². The Balaban J connectivity index is 1.32. The van der Waals surface area contributed by atoms with Crippen molar-refractivity contribution in [2.45, 2.75) is 0 Å². The smallest absolute Gasteiger partial charge is 0.164 e. The van der Waals surface area contributed by atoms with E-state index in [-0.39, 0.29) is 0 Å². The summed E-state index contributed by atoms with van der Waals surface area (Å²) in [6.45, 7) is 0. The predicted octanol–water partition coefficient (Wildman–Crippen LogP) is 10.7. The molecule has 2 heterocycles. The molecular formula is C41H25N3O. The SMILES string of the molecule is c1ccc(-c2ccc(-c3nc(-c4ccccc4)nc(-c4cc5ccccc5c5c4ccc4oc6ccccc6c45)n3)cc2)cc1. The molecule has 0 atom stereocenters. The van der Waals surface area contributed by atoms with Gasteiger partial charge in [-0.05, 0) is 51.6 Å². The van der Waals surface area contributed by atoms with Crippen LogP contribution in [0.15, 0.2) is 156 Å².